The van der Waals surface area contributed by atoms with Crippen molar-refractivity contribution in [3.63, 3.8) is 0 Å². The van der Waals surface area contributed by atoms with E-state index in [0.717, 1.165) is 13.1 Å². The molecule has 66 valence electrons. The highest BCUT2D eigenvalue weighted by Crippen LogP contribution is 1.90. The summed E-state index contributed by atoms with van der Waals surface area (Å²) in [7, 11) is 4.20. The molecular formula is C9H20N2. The third-order valence-corrected chi connectivity index (χ3v) is 1.90. The first kappa shape index (κ1) is 10.5. The Morgan fingerprint density at radius 2 is 1.91 bits per heavy atom. The zero-order chi connectivity index (χ0) is 8.69. The number of rotatable bonds is 6. The average molecular weight is 156 g/mol. The van der Waals surface area contributed by atoms with Gasteiger partial charge in [0.2, 0.25) is 0 Å². The highest BCUT2D eigenvalue weighted by atomic mass is 15.1. The van der Waals surface area contributed by atoms with Gasteiger partial charge in [-0.1, -0.05) is 13.5 Å². The molecule has 0 fully saturated rings. The Labute approximate surface area is 70.5 Å². The fourth-order valence-electron chi connectivity index (χ4n) is 0.839. The number of hydrogen-bond donors (Lipinski definition) is 0. The van der Waals surface area contributed by atoms with E-state index in [0.29, 0.717) is 0 Å². The Bertz CT molecular complexity index is 102. The van der Waals surface area contributed by atoms with Crippen molar-refractivity contribution in [2.45, 2.75) is 13.3 Å². The molecule has 0 bridgehead atoms. The van der Waals surface area contributed by atoms with Gasteiger partial charge in [0.05, 0.1) is 0 Å². The Hall–Kier alpha value is -0.500. The van der Waals surface area contributed by atoms with Crippen LogP contribution in [0.3, 0.4) is 0 Å². The van der Waals surface area contributed by atoms with E-state index in [4.69, 9.17) is 0 Å². The lowest BCUT2D eigenvalue weighted by Crippen LogP contribution is -2.22. The molecule has 0 radical (unpaired) electrons. The van der Waals surface area contributed by atoms with Crippen LogP contribution in [0.25, 0.3) is 0 Å². The maximum absolute atomic E-state index is 3.69. The van der Waals surface area contributed by atoms with Crippen LogP contribution >= 0.6 is 0 Å². The van der Waals surface area contributed by atoms with E-state index in [9.17, 15) is 0 Å². The number of nitrogens with zero attached hydrogens (tertiary/aromatic N) is 2. The summed E-state index contributed by atoms with van der Waals surface area (Å²) < 4.78 is 0. The van der Waals surface area contributed by atoms with Crippen LogP contribution in [0.2, 0.25) is 0 Å². The van der Waals surface area contributed by atoms with E-state index in [1.165, 1.54) is 13.0 Å². The monoisotopic (exact) mass is 156 g/mol. The van der Waals surface area contributed by atoms with Crippen LogP contribution in [0.4, 0.5) is 0 Å². The second-order valence-corrected chi connectivity index (χ2v) is 2.91. The van der Waals surface area contributed by atoms with Crippen molar-refractivity contribution in [1.82, 2.24) is 9.80 Å². The molecule has 0 rings (SSSR count). The van der Waals surface area contributed by atoms with Crippen molar-refractivity contribution < 1.29 is 0 Å². The van der Waals surface area contributed by atoms with Crippen LogP contribution in [0.5, 0.6) is 0 Å². The molecule has 0 atom stereocenters. The van der Waals surface area contributed by atoms with Crippen LogP contribution < -0.4 is 0 Å². The van der Waals surface area contributed by atoms with Gasteiger partial charge in [-0.3, -0.25) is 0 Å². The molecule has 0 heterocycles. The summed E-state index contributed by atoms with van der Waals surface area (Å²) in [6.45, 7) is 9.29. The molecule has 0 amide bonds. The normalized spacial score (nSPS) is 10.2. The second kappa shape index (κ2) is 6.23. The summed E-state index contributed by atoms with van der Waals surface area (Å²) in [5, 5.41) is 0. The summed E-state index contributed by atoms with van der Waals surface area (Å²) in [6, 6.07) is 0. The first-order valence-corrected chi connectivity index (χ1v) is 4.22. The van der Waals surface area contributed by atoms with Crippen LogP contribution in [-0.4, -0.2) is 43.5 Å². The first-order valence-electron chi connectivity index (χ1n) is 4.22. The molecule has 0 spiro atoms. The average Bonchev–Trinajstić information content (AvgIpc) is 2.04. The first-order chi connectivity index (χ1) is 5.20. The van der Waals surface area contributed by atoms with E-state index in [2.05, 4.69) is 37.4 Å². The van der Waals surface area contributed by atoms with Crippen molar-refractivity contribution in [2.75, 3.05) is 33.7 Å². The maximum atomic E-state index is 3.69. The van der Waals surface area contributed by atoms with Gasteiger partial charge in [0.1, 0.15) is 0 Å². The molecule has 0 unspecified atom stereocenters. The molecule has 0 aromatic heterocycles. The zero-order valence-corrected chi connectivity index (χ0v) is 8.01. The van der Waals surface area contributed by atoms with Crippen LogP contribution in [-0.2, 0) is 0 Å². The van der Waals surface area contributed by atoms with Gasteiger partial charge in [0.25, 0.3) is 0 Å². The van der Waals surface area contributed by atoms with Crippen molar-refractivity contribution in [1.29, 1.82) is 0 Å². The lowest BCUT2D eigenvalue weighted by atomic mass is 10.4. The minimum absolute atomic E-state index is 1.10. The Morgan fingerprint density at radius 1 is 1.27 bits per heavy atom. The summed E-state index contributed by atoms with van der Waals surface area (Å²) in [5.74, 6) is 0. The van der Waals surface area contributed by atoms with Gasteiger partial charge in [0, 0.05) is 13.6 Å². The van der Waals surface area contributed by atoms with Gasteiger partial charge in [-0.2, -0.15) is 0 Å². The van der Waals surface area contributed by atoms with Gasteiger partial charge >= 0.3 is 0 Å². The Balaban J connectivity index is 3.19. The van der Waals surface area contributed by atoms with Crippen molar-refractivity contribution in [2.24, 2.45) is 0 Å². The van der Waals surface area contributed by atoms with Gasteiger partial charge in [-0.15, -0.1) is 0 Å². The predicted molar refractivity (Wildman–Crippen MR) is 50.6 cm³/mol. The van der Waals surface area contributed by atoms with Crippen molar-refractivity contribution in [3.8, 4) is 0 Å². The van der Waals surface area contributed by atoms with Gasteiger partial charge in [-0.05, 0) is 32.8 Å². The summed E-state index contributed by atoms with van der Waals surface area (Å²) in [4.78, 5) is 4.43. The Morgan fingerprint density at radius 3 is 2.36 bits per heavy atom. The molecular weight excluding hydrogens is 136 g/mol. The minimum atomic E-state index is 1.10. The minimum Gasteiger partial charge on any atom is -0.381 e. The molecule has 0 saturated carbocycles. The standard InChI is InChI=1S/C9H20N2/c1-5-10(3)8-7-9-11(4)6-2/h5H,1,6-9H2,2-4H3. The quantitative estimate of drug-likeness (QED) is 0.573. The molecule has 0 aliphatic carbocycles. The molecule has 0 aromatic rings. The van der Waals surface area contributed by atoms with E-state index < -0.39 is 0 Å². The third-order valence-electron chi connectivity index (χ3n) is 1.90. The van der Waals surface area contributed by atoms with E-state index in [1.54, 1.807) is 0 Å². The highest BCUT2D eigenvalue weighted by Gasteiger charge is 1.94. The van der Waals surface area contributed by atoms with Crippen LogP contribution in [0.1, 0.15) is 13.3 Å². The fourth-order valence-corrected chi connectivity index (χ4v) is 0.839. The topological polar surface area (TPSA) is 6.48 Å². The molecule has 0 saturated heterocycles. The largest absolute Gasteiger partial charge is 0.381 e. The summed E-state index contributed by atoms with van der Waals surface area (Å²) in [6.07, 6.45) is 3.08. The molecule has 2 heteroatoms. The van der Waals surface area contributed by atoms with Crippen LogP contribution in [0, 0.1) is 0 Å². The van der Waals surface area contributed by atoms with Gasteiger partial charge < -0.3 is 9.80 Å². The molecule has 11 heavy (non-hydrogen) atoms. The summed E-state index contributed by atoms with van der Waals surface area (Å²) in [5.41, 5.74) is 0. The fraction of sp³-hybridized carbons (Fsp3) is 0.778. The molecule has 0 aliphatic rings. The van der Waals surface area contributed by atoms with Crippen molar-refractivity contribution >= 4 is 0 Å². The zero-order valence-electron chi connectivity index (χ0n) is 8.01. The molecule has 2 nitrogen and oxygen atoms in total. The van der Waals surface area contributed by atoms with Crippen LogP contribution in [0.15, 0.2) is 12.8 Å². The molecule has 0 aliphatic heterocycles. The SMILES string of the molecule is C=CN(C)CCCN(C)CC. The van der Waals surface area contributed by atoms with Gasteiger partial charge in [0.15, 0.2) is 0 Å². The molecule has 0 aromatic carbocycles. The van der Waals surface area contributed by atoms with E-state index in [1.807, 2.05) is 6.20 Å². The summed E-state index contributed by atoms with van der Waals surface area (Å²) >= 11 is 0. The van der Waals surface area contributed by atoms with Gasteiger partial charge in [-0.25, -0.2) is 0 Å². The van der Waals surface area contributed by atoms with E-state index in [-0.39, 0.29) is 0 Å². The number of hydrogen-bond acceptors (Lipinski definition) is 2. The lowest BCUT2D eigenvalue weighted by Gasteiger charge is -2.17. The smallest absolute Gasteiger partial charge is 0.0181 e. The highest BCUT2D eigenvalue weighted by molar-refractivity contribution is 4.66. The second-order valence-electron chi connectivity index (χ2n) is 2.91. The Kier molecular flexibility index (Phi) is 5.94. The van der Waals surface area contributed by atoms with E-state index >= 15 is 0 Å². The van der Waals surface area contributed by atoms with Crippen molar-refractivity contribution in [3.05, 3.63) is 12.8 Å². The lowest BCUT2D eigenvalue weighted by molar-refractivity contribution is 0.322. The molecule has 0 N–H and O–H groups in total. The predicted octanol–water partition coefficient (Wildman–Crippen LogP) is 1.40. The maximum Gasteiger partial charge on any atom is 0.0181 e. The third kappa shape index (κ3) is 5.92.